The largest absolute Gasteiger partial charge is 0.387 e. The summed E-state index contributed by atoms with van der Waals surface area (Å²) in [5, 5.41) is 27.7. The molecule has 0 aromatic rings. The molecular weight excluding hydrogens is 202 g/mol. The van der Waals surface area contributed by atoms with Crippen molar-refractivity contribution in [1.29, 1.82) is 0 Å². The van der Waals surface area contributed by atoms with Gasteiger partial charge in [0.1, 0.15) is 12.7 Å². The Labute approximate surface area is 87.7 Å². The number of rotatable bonds is 3. The van der Waals surface area contributed by atoms with Crippen LogP contribution in [0.5, 0.6) is 0 Å². The van der Waals surface area contributed by atoms with E-state index in [1.807, 2.05) is 0 Å². The van der Waals surface area contributed by atoms with E-state index in [9.17, 15) is 20.1 Å². The summed E-state index contributed by atoms with van der Waals surface area (Å²) in [6, 6.07) is 0. The van der Waals surface area contributed by atoms with Crippen molar-refractivity contribution in [2.24, 2.45) is 11.7 Å². The van der Waals surface area contributed by atoms with E-state index in [-0.39, 0.29) is 25.0 Å². The van der Waals surface area contributed by atoms with Crippen molar-refractivity contribution in [3.05, 3.63) is 0 Å². The third-order valence-corrected chi connectivity index (χ3v) is 2.65. The number of hydrogen-bond donors (Lipinski definition) is 4. The van der Waals surface area contributed by atoms with Gasteiger partial charge in [0.25, 0.3) is 0 Å². The predicted molar refractivity (Wildman–Crippen MR) is 50.5 cm³/mol. The standard InChI is InChI=1S/C9H17NO5/c1-5(8(10)12)2-6-3-7(11)9(13,14)4-15-6/h5-7,11,13-14H,2-4H2,1H3,(H2,10,12). The van der Waals surface area contributed by atoms with E-state index in [1.165, 1.54) is 0 Å². The molecule has 3 unspecified atom stereocenters. The van der Waals surface area contributed by atoms with Crippen LogP contribution in [0, 0.1) is 5.92 Å². The van der Waals surface area contributed by atoms with Crippen molar-refractivity contribution in [3.8, 4) is 0 Å². The topological polar surface area (TPSA) is 113 Å². The van der Waals surface area contributed by atoms with Crippen LogP contribution in [0.4, 0.5) is 0 Å². The molecule has 15 heavy (non-hydrogen) atoms. The Balaban J connectivity index is 2.45. The van der Waals surface area contributed by atoms with Gasteiger partial charge in [-0.25, -0.2) is 0 Å². The molecule has 3 atom stereocenters. The average molecular weight is 219 g/mol. The van der Waals surface area contributed by atoms with Crippen molar-refractivity contribution in [3.63, 3.8) is 0 Å². The van der Waals surface area contributed by atoms with Gasteiger partial charge in [-0.05, 0) is 6.42 Å². The number of aliphatic hydroxyl groups is 3. The summed E-state index contributed by atoms with van der Waals surface area (Å²) in [5.41, 5.74) is 5.09. The van der Waals surface area contributed by atoms with Crippen molar-refractivity contribution in [2.75, 3.05) is 6.61 Å². The Morgan fingerprint density at radius 1 is 1.67 bits per heavy atom. The van der Waals surface area contributed by atoms with Gasteiger partial charge in [-0.2, -0.15) is 0 Å². The fourth-order valence-corrected chi connectivity index (χ4v) is 1.52. The Kier molecular flexibility index (Phi) is 3.67. The number of aliphatic hydroxyl groups excluding tert-OH is 1. The van der Waals surface area contributed by atoms with Crippen molar-refractivity contribution in [1.82, 2.24) is 0 Å². The van der Waals surface area contributed by atoms with E-state index in [4.69, 9.17) is 10.5 Å². The predicted octanol–water partition coefficient (Wildman–Crippen LogP) is -1.67. The Morgan fingerprint density at radius 2 is 2.27 bits per heavy atom. The molecule has 1 rings (SSSR count). The SMILES string of the molecule is CC(CC1CC(O)C(O)(O)CO1)C(N)=O. The van der Waals surface area contributed by atoms with Gasteiger partial charge >= 0.3 is 0 Å². The van der Waals surface area contributed by atoms with Crippen LogP contribution < -0.4 is 5.73 Å². The molecular formula is C9H17NO5. The zero-order valence-electron chi connectivity index (χ0n) is 8.59. The molecule has 0 spiro atoms. The lowest BCUT2D eigenvalue weighted by Crippen LogP contribution is -2.53. The number of primary amides is 1. The summed E-state index contributed by atoms with van der Waals surface area (Å²) in [4.78, 5) is 10.8. The first kappa shape index (κ1) is 12.4. The lowest BCUT2D eigenvalue weighted by atomic mass is 9.94. The molecule has 6 heteroatoms. The molecule has 5 N–H and O–H groups in total. The van der Waals surface area contributed by atoms with E-state index in [0.717, 1.165) is 0 Å². The maximum absolute atomic E-state index is 10.8. The van der Waals surface area contributed by atoms with Crippen molar-refractivity contribution in [2.45, 2.75) is 37.8 Å². The normalized spacial score (nSPS) is 32.3. The summed E-state index contributed by atoms with van der Waals surface area (Å²) in [5.74, 6) is -2.98. The van der Waals surface area contributed by atoms with Crippen LogP contribution in [0.1, 0.15) is 19.8 Å². The van der Waals surface area contributed by atoms with Crippen LogP contribution in [0.2, 0.25) is 0 Å². The molecule has 1 fully saturated rings. The van der Waals surface area contributed by atoms with E-state index in [2.05, 4.69) is 0 Å². The number of amides is 1. The van der Waals surface area contributed by atoms with Crippen LogP contribution in [0.15, 0.2) is 0 Å². The quantitative estimate of drug-likeness (QED) is 0.424. The Bertz CT molecular complexity index is 243. The highest BCUT2D eigenvalue weighted by molar-refractivity contribution is 5.76. The maximum atomic E-state index is 10.8. The molecule has 0 aromatic carbocycles. The van der Waals surface area contributed by atoms with Crippen LogP contribution in [-0.2, 0) is 9.53 Å². The Morgan fingerprint density at radius 3 is 2.73 bits per heavy atom. The van der Waals surface area contributed by atoms with Gasteiger partial charge in [0.15, 0.2) is 0 Å². The zero-order chi connectivity index (χ0) is 11.6. The van der Waals surface area contributed by atoms with Gasteiger partial charge in [0, 0.05) is 12.3 Å². The van der Waals surface area contributed by atoms with Crippen LogP contribution in [0.3, 0.4) is 0 Å². The molecule has 0 saturated carbocycles. The number of carbonyl (C=O) groups excluding carboxylic acids is 1. The molecule has 1 saturated heterocycles. The van der Waals surface area contributed by atoms with Gasteiger partial charge < -0.3 is 25.8 Å². The fraction of sp³-hybridized carbons (Fsp3) is 0.889. The first-order valence-corrected chi connectivity index (χ1v) is 4.86. The lowest BCUT2D eigenvalue weighted by molar-refractivity contribution is -0.288. The van der Waals surface area contributed by atoms with Gasteiger partial charge in [-0.15, -0.1) is 0 Å². The van der Waals surface area contributed by atoms with Crippen LogP contribution >= 0.6 is 0 Å². The minimum atomic E-state index is -2.19. The monoisotopic (exact) mass is 219 g/mol. The van der Waals surface area contributed by atoms with E-state index in [0.29, 0.717) is 6.42 Å². The molecule has 1 heterocycles. The van der Waals surface area contributed by atoms with E-state index < -0.39 is 17.8 Å². The highest BCUT2D eigenvalue weighted by atomic mass is 16.6. The highest BCUT2D eigenvalue weighted by Crippen LogP contribution is 2.25. The van der Waals surface area contributed by atoms with Gasteiger partial charge in [0.2, 0.25) is 11.7 Å². The molecule has 0 aromatic heterocycles. The fourth-order valence-electron chi connectivity index (χ4n) is 1.52. The summed E-state index contributed by atoms with van der Waals surface area (Å²) in [7, 11) is 0. The molecule has 6 nitrogen and oxygen atoms in total. The van der Waals surface area contributed by atoms with E-state index >= 15 is 0 Å². The summed E-state index contributed by atoms with van der Waals surface area (Å²) < 4.78 is 5.12. The first-order valence-electron chi connectivity index (χ1n) is 4.86. The number of hydrogen-bond acceptors (Lipinski definition) is 5. The molecule has 1 aliphatic heterocycles. The smallest absolute Gasteiger partial charge is 0.220 e. The van der Waals surface area contributed by atoms with Crippen LogP contribution in [-0.4, -0.2) is 45.8 Å². The van der Waals surface area contributed by atoms with Gasteiger partial charge in [0.05, 0.1) is 6.10 Å². The first-order chi connectivity index (χ1) is 6.83. The second-order valence-electron chi connectivity index (χ2n) is 4.10. The number of nitrogens with two attached hydrogens (primary N) is 1. The van der Waals surface area contributed by atoms with Gasteiger partial charge in [-0.1, -0.05) is 6.92 Å². The molecule has 88 valence electrons. The second-order valence-corrected chi connectivity index (χ2v) is 4.10. The van der Waals surface area contributed by atoms with Crippen molar-refractivity contribution < 1.29 is 24.9 Å². The average Bonchev–Trinajstić information content (AvgIpc) is 2.12. The second kappa shape index (κ2) is 4.44. The minimum Gasteiger partial charge on any atom is -0.387 e. The summed E-state index contributed by atoms with van der Waals surface area (Å²) in [6.07, 6.45) is -1.15. The molecule has 0 radical (unpaired) electrons. The molecule has 1 amide bonds. The minimum absolute atomic E-state index is 0.0879. The number of carbonyl (C=O) groups is 1. The highest BCUT2D eigenvalue weighted by Gasteiger charge is 2.40. The maximum Gasteiger partial charge on any atom is 0.220 e. The Hall–Kier alpha value is -0.690. The molecule has 1 aliphatic rings. The zero-order valence-corrected chi connectivity index (χ0v) is 8.59. The number of ether oxygens (including phenoxy) is 1. The molecule has 0 bridgehead atoms. The lowest BCUT2D eigenvalue weighted by Gasteiger charge is -2.36. The summed E-state index contributed by atoms with van der Waals surface area (Å²) >= 11 is 0. The third-order valence-electron chi connectivity index (χ3n) is 2.65. The van der Waals surface area contributed by atoms with Crippen molar-refractivity contribution >= 4 is 5.91 Å². The molecule has 0 aliphatic carbocycles. The summed E-state index contributed by atoms with van der Waals surface area (Å²) in [6.45, 7) is 1.31. The third kappa shape index (κ3) is 3.13. The van der Waals surface area contributed by atoms with Crippen LogP contribution in [0.25, 0.3) is 0 Å². The van der Waals surface area contributed by atoms with Gasteiger partial charge in [-0.3, -0.25) is 4.79 Å². The van der Waals surface area contributed by atoms with E-state index in [1.54, 1.807) is 6.92 Å².